The van der Waals surface area contributed by atoms with Gasteiger partial charge in [0.05, 0.1) is 0 Å². The van der Waals surface area contributed by atoms with Crippen LogP contribution >= 0.6 is 0 Å². The van der Waals surface area contributed by atoms with E-state index in [0.29, 0.717) is 0 Å². The standard InChI is InChI=1S/C62H52O/c1-33-27-43-55-51-39(33)23-17-25-41(51)59(3,4)45-29-37(31-47(53(45)55)61(43,7)8)57-49(35-19-13-11-14-20-35)50(36-21-15-12-16-22-36)58(63-57)38-30-46-54-48(32-38)62(9,10)44-28-34(2)40-24-18-26-42(60(46,5)6)52(40)56(44)54/h11-32H,1-10H3. The van der Waals surface area contributed by atoms with Gasteiger partial charge >= 0.3 is 0 Å². The Morgan fingerprint density at radius 3 is 1.00 bits per heavy atom. The van der Waals surface area contributed by atoms with Crippen LogP contribution in [0, 0.1) is 13.8 Å². The summed E-state index contributed by atoms with van der Waals surface area (Å²) in [6, 6.07) is 50.8. The van der Waals surface area contributed by atoms with E-state index in [2.05, 4.69) is 203 Å². The molecule has 306 valence electrons. The van der Waals surface area contributed by atoms with Gasteiger partial charge in [-0.15, -0.1) is 0 Å². The van der Waals surface area contributed by atoms with E-state index in [1.54, 1.807) is 0 Å². The van der Waals surface area contributed by atoms with Crippen molar-refractivity contribution in [3.8, 4) is 67.2 Å². The fourth-order valence-electron chi connectivity index (χ4n) is 13.1. The van der Waals surface area contributed by atoms with Crippen LogP contribution in [0.2, 0.25) is 0 Å². The van der Waals surface area contributed by atoms with E-state index in [0.717, 1.165) is 44.9 Å². The molecule has 4 aliphatic carbocycles. The zero-order valence-electron chi connectivity index (χ0n) is 38.1. The Balaban J connectivity index is 1.14. The molecule has 0 bridgehead atoms. The van der Waals surface area contributed by atoms with Crippen molar-refractivity contribution in [2.45, 2.75) is 90.9 Å². The highest BCUT2D eigenvalue weighted by atomic mass is 16.3. The van der Waals surface area contributed by atoms with E-state index in [1.165, 1.54) is 99.4 Å². The molecule has 9 aromatic rings. The van der Waals surface area contributed by atoms with Crippen LogP contribution in [0.25, 0.3) is 88.7 Å². The van der Waals surface area contributed by atoms with Crippen molar-refractivity contribution in [1.82, 2.24) is 0 Å². The topological polar surface area (TPSA) is 13.1 Å². The summed E-state index contributed by atoms with van der Waals surface area (Å²) in [6.45, 7) is 24.1. The largest absolute Gasteiger partial charge is 0.455 e. The lowest BCUT2D eigenvalue weighted by Crippen LogP contribution is -2.24. The van der Waals surface area contributed by atoms with Crippen LogP contribution in [0.5, 0.6) is 0 Å². The number of rotatable bonds is 4. The predicted molar refractivity (Wildman–Crippen MR) is 264 cm³/mol. The first-order valence-electron chi connectivity index (χ1n) is 22.9. The molecular formula is C62H52O. The number of benzene rings is 8. The number of hydrogen-bond acceptors (Lipinski definition) is 1. The quantitative estimate of drug-likeness (QED) is 0.173. The van der Waals surface area contributed by atoms with Crippen molar-refractivity contribution >= 4 is 21.5 Å². The third kappa shape index (κ3) is 4.44. The lowest BCUT2D eigenvalue weighted by Gasteiger charge is -2.35. The second-order valence-electron chi connectivity index (χ2n) is 21.3. The molecule has 1 heteroatoms. The Bertz CT molecular complexity index is 3310. The van der Waals surface area contributed by atoms with Gasteiger partial charge in [-0.2, -0.15) is 0 Å². The van der Waals surface area contributed by atoms with E-state index < -0.39 is 0 Å². The van der Waals surface area contributed by atoms with Gasteiger partial charge in [0, 0.05) is 43.9 Å². The van der Waals surface area contributed by atoms with Gasteiger partial charge in [-0.25, -0.2) is 0 Å². The summed E-state index contributed by atoms with van der Waals surface area (Å²) in [6.07, 6.45) is 0. The summed E-state index contributed by atoms with van der Waals surface area (Å²) in [5.41, 5.74) is 25.7. The molecule has 0 atom stereocenters. The van der Waals surface area contributed by atoms with Crippen LogP contribution in [-0.4, -0.2) is 0 Å². The molecule has 1 heterocycles. The monoisotopic (exact) mass is 812 g/mol. The molecule has 1 aromatic heterocycles. The summed E-state index contributed by atoms with van der Waals surface area (Å²) in [4.78, 5) is 0. The van der Waals surface area contributed by atoms with Gasteiger partial charge in [0.2, 0.25) is 0 Å². The van der Waals surface area contributed by atoms with Crippen LogP contribution in [0.15, 0.2) is 138 Å². The molecule has 4 aliphatic rings. The zero-order valence-corrected chi connectivity index (χ0v) is 38.1. The normalized spacial score (nSPS) is 16.9. The molecule has 0 fully saturated rings. The maximum atomic E-state index is 7.76. The molecule has 8 aromatic carbocycles. The van der Waals surface area contributed by atoms with Crippen molar-refractivity contribution in [1.29, 1.82) is 0 Å². The highest BCUT2D eigenvalue weighted by Crippen LogP contribution is 2.64. The summed E-state index contributed by atoms with van der Waals surface area (Å²) < 4.78 is 7.76. The fraction of sp³-hybridized carbons (Fsp3) is 0.226. The highest BCUT2D eigenvalue weighted by Gasteiger charge is 2.48. The molecule has 0 unspecified atom stereocenters. The van der Waals surface area contributed by atoms with E-state index in [1.807, 2.05) is 0 Å². The molecule has 63 heavy (non-hydrogen) atoms. The van der Waals surface area contributed by atoms with Crippen LogP contribution in [0.3, 0.4) is 0 Å². The average Bonchev–Trinajstić information content (AvgIpc) is 3.86. The molecule has 0 spiro atoms. The minimum atomic E-state index is -0.225. The van der Waals surface area contributed by atoms with Gasteiger partial charge < -0.3 is 4.42 Å². The smallest absolute Gasteiger partial charge is 0.143 e. The Labute approximate surface area is 371 Å². The zero-order chi connectivity index (χ0) is 43.3. The van der Waals surface area contributed by atoms with Crippen molar-refractivity contribution in [2.24, 2.45) is 0 Å². The molecule has 13 rings (SSSR count). The predicted octanol–water partition coefficient (Wildman–Crippen LogP) is 16.8. The maximum Gasteiger partial charge on any atom is 0.143 e. The molecule has 0 aliphatic heterocycles. The number of furan rings is 1. The highest BCUT2D eigenvalue weighted by molar-refractivity contribution is 6.12. The van der Waals surface area contributed by atoms with Crippen LogP contribution < -0.4 is 0 Å². The van der Waals surface area contributed by atoms with Gasteiger partial charge in [-0.05, 0) is 149 Å². The first-order chi connectivity index (χ1) is 30.1. The van der Waals surface area contributed by atoms with Crippen molar-refractivity contribution < 1.29 is 4.42 Å². The maximum absolute atomic E-state index is 7.76. The van der Waals surface area contributed by atoms with Gasteiger partial charge in [-0.1, -0.05) is 165 Å². The molecule has 0 radical (unpaired) electrons. The van der Waals surface area contributed by atoms with E-state index in [9.17, 15) is 0 Å². The Morgan fingerprint density at radius 1 is 0.302 bits per heavy atom. The SMILES string of the molecule is Cc1cc2c3c4c(cccc14)C(C)(C)c1cc(-c4oc(-c5cc6c7c(c5)C(C)(C)c5cccc8c(C)cc(c-7c58)C6(C)C)c(-c5ccccc5)c4-c4ccccc4)cc(c1-3)C2(C)C. The second kappa shape index (κ2) is 11.8. The number of aryl methyl sites for hydroxylation is 2. The second-order valence-corrected chi connectivity index (χ2v) is 21.3. The minimum absolute atomic E-state index is 0.193. The molecular weight excluding hydrogens is 761 g/mol. The van der Waals surface area contributed by atoms with Crippen molar-refractivity contribution in [3.63, 3.8) is 0 Å². The molecule has 0 saturated heterocycles. The average molecular weight is 813 g/mol. The molecule has 1 nitrogen and oxygen atoms in total. The summed E-state index contributed by atoms with van der Waals surface area (Å²) in [5, 5.41) is 5.62. The first kappa shape index (κ1) is 37.1. The molecule has 0 amide bonds. The Kier molecular flexibility index (Phi) is 6.94. The van der Waals surface area contributed by atoms with Crippen LogP contribution in [0.4, 0.5) is 0 Å². The summed E-state index contributed by atoms with van der Waals surface area (Å²) >= 11 is 0. The van der Waals surface area contributed by atoms with E-state index in [4.69, 9.17) is 4.42 Å². The third-order valence-corrected chi connectivity index (χ3v) is 16.5. The molecule has 0 N–H and O–H groups in total. The lowest BCUT2D eigenvalue weighted by atomic mass is 9.67. The van der Waals surface area contributed by atoms with Crippen molar-refractivity contribution in [3.05, 3.63) is 189 Å². The summed E-state index contributed by atoms with van der Waals surface area (Å²) in [5.74, 6) is 1.85. The fourth-order valence-corrected chi connectivity index (χ4v) is 13.1. The first-order valence-corrected chi connectivity index (χ1v) is 22.9. The third-order valence-electron chi connectivity index (χ3n) is 16.5. The minimum Gasteiger partial charge on any atom is -0.455 e. The molecule has 0 saturated carbocycles. The van der Waals surface area contributed by atoms with E-state index >= 15 is 0 Å². The van der Waals surface area contributed by atoms with Crippen molar-refractivity contribution in [2.75, 3.05) is 0 Å². The Morgan fingerprint density at radius 2 is 0.635 bits per heavy atom. The van der Waals surface area contributed by atoms with Crippen LogP contribution in [-0.2, 0) is 21.7 Å². The van der Waals surface area contributed by atoms with Gasteiger partial charge in [0.15, 0.2) is 0 Å². The van der Waals surface area contributed by atoms with Gasteiger partial charge in [-0.3, -0.25) is 0 Å². The van der Waals surface area contributed by atoms with Gasteiger partial charge in [0.1, 0.15) is 11.5 Å². The summed E-state index contributed by atoms with van der Waals surface area (Å²) in [7, 11) is 0. The van der Waals surface area contributed by atoms with E-state index in [-0.39, 0.29) is 21.7 Å². The Hall–Kier alpha value is -6.44. The number of hydrogen-bond donors (Lipinski definition) is 0. The van der Waals surface area contributed by atoms with Gasteiger partial charge in [0.25, 0.3) is 0 Å². The lowest BCUT2D eigenvalue weighted by molar-refractivity contribution is 0.594. The van der Waals surface area contributed by atoms with Crippen LogP contribution in [0.1, 0.15) is 111 Å².